The normalized spacial score (nSPS) is 12.3. The zero-order valence-electron chi connectivity index (χ0n) is 15.0. The van der Waals surface area contributed by atoms with E-state index in [0.717, 1.165) is 16.7 Å². The van der Waals surface area contributed by atoms with Gasteiger partial charge in [0, 0.05) is 10.4 Å². The molecule has 1 heterocycles. The van der Waals surface area contributed by atoms with E-state index in [1.165, 1.54) is 0 Å². The molecule has 0 saturated carbocycles. The topological polar surface area (TPSA) is 54.7 Å². The number of benzene rings is 2. The number of nitrogens with zero attached hydrogens (tertiary/aromatic N) is 1. The lowest BCUT2D eigenvalue weighted by Gasteiger charge is -2.22. The van der Waals surface area contributed by atoms with Crippen LogP contribution < -0.4 is 10.1 Å². The average Bonchev–Trinajstić information content (AvgIpc) is 3.05. The van der Waals surface area contributed by atoms with Gasteiger partial charge in [-0.25, -0.2) is 0 Å². The summed E-state index contributed by atoms with van der Waals surface area (Å²) in [4.78, 5) is 14.3. The Labute approximate surface area is 157 Å². The van der Waals surface area contributed by atoms with E-state index in [9.17, 15) is 4.79 Å². The van der Waals surface area contributed by atoms with Gasteiger partial charge in [-0.3, -0.25) is 9.69 Å². The van der Waals surface area contributed by atoms with E-state index >= 15 is 0 Å². The standard InChI is InChI=1S/C20H21ClN2O3/c1-13(19-10-14-6-4-5-7-17(14)26-19)23(2)12-20(24)22-16-11-15(21)8-9-18(16)25-3/h4-11,13H,12H2,1-3H3,(H,22,24)/t13-/m1/s1. The van der Waals surface area contributed by atoms with E-state index in [-0.39, 0.29) is 18.5 Å². The van der Waals surface area contributed by atoms with Crippen LogP contribution in [0.3, 0.4) is 0 Å². The van der Waals surface area contributed by atoms with Crippen molar-refractivity contribution in [3.05, 3.63) is 59.3 Å². The molecule has 0 fully saturated rings. The molecule has 0 aliphatic carbocycles. The molecule has 136 valence electrons. The molecule has 5 nitrogen and oxygen atoms in total. The van der Waals surface area contributed by atoms with Gasteiger partial charge < -0.3 is 14.5 Å². The number of amides is 1. The lowest BCUT2D eigenvalue weighted by Crippen LogP contribution is -2.32. The van der Waals surface area contributed by atoms with Crippen molar-refractivity contribution in [3.63, 3.8) is 0 Å². The van der Waals surface area contributed by atoms with Crippen molar-refractivity contribution in [1.82, 2.24) is 4.90 Å². The number of anilines is 1. The highest BCUT2D eigenvalue weighted by Gasteiger charge is 2.19. The molecule has 0 aliphatic heterocycles. The molecule has 1 aromatic heterocycles. The Hall–Kier alpha value is -2.50. The zero-order chi connectivity index (χ0) is 18.7. The van der Waals surface area contributed by atoms with Crippen LogP contribution in [0.2, 0.25) is 5.02 Å². The monoisotopic (exact) mass is 372 g/mol. The zero-order valence-corrected chi connectivity index (χ0v) is 15.7. The molecule has 2 aromatic carbocycles. The van der Waals surface area contributed by atoms with E-state index in [0.29, 0.717) is 16.5 Å². The van der Waals surface area contributed by atoms with Crippen molar-refractivity contribution < 1.29 is 13.9 Å². The van der Waals surface area contributed by atoms with Crippen molar-refractivity contribution in [1.29, 1.82) is 0 Å². The minimum atomic E-state index is -0.156. The summed E-state index contributed by atoms with van der Waals surface area (Å²) in [6, 6.07) is 14.9. The van der Waals surface area contributed by atoms with Gasteiger partial charge in [0.1, 0.15) is 17.1 Å². The molecule has 3 aromatic rings. The molecule has 0 bridgehead atoms. The van der Waals surface area contributed by atoms with Crippen molar-refractivity contribution >= 4 is 34.2 Å². The van der Waals surface area contributed by atoms with E-state index in [2.05, 4.69) is 5.32 Å². The van der Waals surface area contributed by atoms with Gasteiger partial charge in [0.25, 0.3) is 0 Å². The van der Waals surface area contributed by atoms with Crippen molar-refractivity contribution in [2.75, 3.05) is 26.0 Å². The molecule has 6 heteroatoms. The van der Waals surface area contributed by atoms with Gasteiger partial charge in [-0.05, 0) is 44.3 Å². The largest absolute Gasteiger partial charge is 0.495 e. The third-order valence-corrected chi connectivity index (χ3v) is 4.58. The number of carbonyl (C=O) groups excluding carboxylic acids is 1. The minimum Gasteiger partial charge on any atom is -0.495 e. The van der Waals surface area contributed by atoms with Crippen LogP contribution in [0.4, 0.5) is 5.69 Å². The van der Waals surface area contributed by atoms with Crippen LogP contribution in [0.15, 0.2) is 52.9 Å². The molecule has 1 atom stereocenters. The second kappa shape index (κ2) is 7.81. The molecular formula is C20H21ClN2O3. The lowest BCUT2D eigenvalue weighted by atomic mass is 10.2. The van der Waals surface area contributed by atoms with Crippen LogP contribution in [-0.4, -0.2) is 31.5 Å². The molecule has 1 amide bonds. The maximum atomic E-state index is 12.4. The average molecular weight is 373 g/mol. The summed E-state index contributed by atoms with van der Waals surface area (Å²) in [6.45, 7) is 2.21. The molecule has 0 saturated heterocycles. The van der Waals surface area contributed by atoms with Crippen molar-refractivity contribution in [3.8, 4) is 5.75 Å². The number of furan rings is 1. The Morgan fingerprint density at radius 2 is 2.04 bits per heavy atom. The smallest absolute Gasteiger partial charge is 0.238 e. The summed E-state index contributed by atoms with van der Waals surface area (Å²) < 4.78 is 11.1. The summed E-state index contributed by atoms with van der Waals surface area (Å²) >= 11 is 6.00. The minimum absolute atomic E-state index is 0.0468. The summed E-state index contributed by atoms with van der Waals surface area (Å²) in [5, 5.41) is 4.43. The highest BCUT2D eigenvalue weighted by atomic mass is 35.5. The number of rotatable bonds is 6. The number of likely N-dealkylation sites (N-methyl/N-ethyl adjacent to an activating group) is 1. The predicted molar refractivity (Wildman–Crippen MR) is 104 cm³/mol. The second-order valence-corrected chi connectivity index (χ2v) is 6.61. The number of carbonyl (C=O) groups is 1. The third kappa shape index (κ3) is 4.00. The highest BCUT2D eigenvalue weighted by molar-refractivity contribution is 6.31. The van der Waals surface area contributed by atoms with Gasteiger partial charge >= 0.3 is 0 Å². The van der Waals surface area contributed by atoms with Gasteiger partial charge in [0.05, 0.1) is 25.4 Å². The molecule has 0 unspecified atom stereocenters. The van der Waals surface area contributed by atoms with Gasteiger partial charge in [-0.15, -0.1) is 0 Å². The maximum absolute atomic E-state index is 12.4. The number of para-hydroxylation sites is 1. The van der Waals surface area contributed by atoms with E-state index in [1.54, 1.807) is 25.3 Å². The first-order chi connectivity index (χ1) is 12.5. The fourth-order valence-corrected chi connectivity index (χ4v) is 2.93. The number of hydrogen-bond acceptors (Lipinski definition) is 4. The molecular weight excluding hydrogens is 352 g/mol. The fraction of sp³-hybridized carbons (Fsp3) is 0.250. The van der Waals surface area contributed by atoms with Gasteiger partial charge in [-0.2, -0.15) is 0 Å². The SMILES string of the molecule is COc1ccc(Cl)cc1NC(=O)CN(C)[C@H](C)c1cc2ccccc2o1. The molecule has 0 spiro atoms. The number of methoxy groups -OCH3 is 1. The third-order valence-electron chi connectivity index (χ3n) is 4.35. The Bertz CT molecular complexity index is 889. The van der Waals surface area contributed by atoms with E-state index in [4.69, 9.17) is 20.8 Å². The number of fused-ring (bicyclic) bond motifs is 1. The fourth-order valence-electron chi connectivity index (χ4n) is 2.76. The Morgan fingerprint density at radius 1 is 1.27 bits per heavy atom. The van der Waals surface area contributed by atoms with Crippen LogP contribution in [-0.2, 0) is 4.79 Å². The Kier molecular flexibility index (Phi) is 5.49. The number of ether oxygens (including phenoxy) is 1. The van der Waals surface area contributed by atoms with E-state index in [1.807, 2.05) is 49.2 Å². The van der Waals surface area contributed by atoms with Crippen molar-refractivity contribution in [2.24, 2.45) is 0 Å². The highest BCUT2D eigenvalue weighted by Crippen LogP contribution is 2.29. The van der Waals surface area contributed by atoms with Crippen LogP contribution >= 0.6 is 11.6 Å². The Morgan fingerprint density at radius 3 is 2.77 bits per heavy atom. The first kappa shape index (κ1) is 18.3. The van der Waals surface area contributed by atoms with Crippen LogP contribution in [0.25, 0.3) is 11.0 Å². The molecule has 0 radical (unpaired) electrons. The summed E-state index contributed by atoms with van der Waals surface area (Å²) in [5.41, 5.74) is 1.39. The Balaban J connectivity index is 1.68. The van der Waals surface area contributed by atoms with Crippen LogP contribution in [0.1, 0.15) is 18.7 Å². The first-order valence-electron chi connectivity index (χ1n) is 8.30. The number of nitrogens with one attached hydrogen (secondary N) is 1. The summed E-state index contributed by atoms with van der Waals surface area (Å²) in [5.74, 6) is 1.23. The summed E-state index contributed by atoms with van der Waals surface area (Å²) in [7, 11) is 3.43. The predicted octanol–water partition coefficient (Wildman–Crippen LogP) is 4.73. The molecule has 0 aliphatic rings. The number of hydrogen-bond donors (Lipinski definition) is 1. The lowest BCUT2D eigenvalue weighted by molar-refractivity contribution is -0.117. The van der Waals surface area contributed by atoms with Gasteiger partial charge in [-0.1, -0.05) is 29.8 Å². The molecule has 3 rings (SSSR count). The van der Waals surface area contributed by atoms with Gasteiger partial charge in [0.15, 0.2) is 0 Å². The molecule has 26 heavy (non-hydrogen) atoms. The van der Waals surface area contributed by atoms with Crippen LogP contribution in [0, 0.1) is 0 Å². The van der Waals surface area contributed by atoms with Crippen molar-refractivity contribution in [2.45, 2.75) is 13.0 Å². The number of halogens is 1. The van der Waals surface area contributed by atoms with E-state index < -0.39 is 0 Å². The van der Waals surface area contributed by atoms with Gasteiger partial charge in [0.2, 0.25) is 5.91 Å². The maximum Gasteiger partial charge on any atom is 0.238 e. The second-order valence-electron chi connectivity index (χ2n) is 6.17. The quantitative estimate of drug-likeness (QED) is 0.679. The summed E-state index contributed by atoms with van der Waals surface area (Å²) in [6.07, 6.45) is 0. The molecule has 1 N–H and O–H groups in total. The van der Waals surface area contributed by atoms with Crippen LogP contribution in [0.5, 0.6) is 5.75 Å². The first-order valence-corrected chi connectivity index (χ1v) is 8.68.